The molecule has 2 N–H and O–H groups in total. The summed E-state index contributed by atoms with van der Waals surface area (Å²) in [6.45, 7) is 1.94. The highest BCUT2D eigenvalue weighted by molar-refractivity contribution is 6.36. The normalized spacial score (nSPS) is 10.5. The van der Waals surface area contributed by atoms with Crippen molar-refractivity contribution in [2.24, 2.45) is 0 Å². The first-order valence-corrected chi connectivity index (χ1v) is 7.44. The molecule has 2 heterocycles. The van der Waals surface area contributed by atoms with Gasteiger partial charge in [-0.3, -0.25) is 0 Å². The molecule has 5 nitrogen and oxygen atoms in total. The topological polar surface area (TPSA) is 80.5 Å². The standard InChI is InChI=1S/C16H11Cl2N5/c1-9-4-5-21-14(6-9)23-16(20)12(8-19)15(22-23)11-3-2-10(17)7-13(11)18/h2-7H,20H2,1H3. The second-order valence-electron chi connectivity index (χ2n) is 4.95. The van der Waals surface area contributed by atoms with Crippen molar-refractivity contribution in [3.05, 3.63) is 57.7 Å². The van der Waals surface area contributed by atoms with Crippen LogP contribution in [0, 0.1) is 18.3 Å². The van der Waals surface area contributed by atoms with Crippen LogP contribution in [0.2, 0.25) is 10.0 Å². The fraction of sp³-hybridized carbons (Fsp3) is 0.0625. The Balaban J connectivity index is 2.24. The van der Waals surface area contributed by atoms with E-state index in [1.165, 1.54) is 4.68 Å². The number of rotatable bonds is 2. The van der Waals surface area contributed by atoms with Gasteiger partial charge in [0.1, 0.15) is 23.1 Å². The van der Waals surface area contributed by atoms with Crippen LogP contribution >= 0.6 is 23.2 Å². The first kappa shape index (κ1) is 15.3. The molecule has 0 fully saturated rings. The molecule has 0 atom stereocenters. The first-order valence-electron chi connectivity index (χ1n) is 6.68. The Morgan fingerprint density at radius 1 is 1.22 bits per heavy atom. The summed E-state index contributed by atoms with van der Waals surface area (Å²) >= 11 is 12.1. The lowest BCUT2D eigenvalue weighted by Gasteiger charge is -2.03. The first-order chi connectivity index (χ1) is 11.0. The molecule has 114 valence electrons. The number of hydrogen-bond donors (Lipinski definition) is 1. The number of pyridine rings is 1. The van der Waals surface area contributed by atoms with Crippen LogP contribution in [0.1, 0.15) is 11.1 Å². The van der Waals surface area contributed by atoms with Gasteiger partial charge in [0, 0.05) is 16.8 Å². The number of nitrogens with zero attached hydrogens (tertiary/aromatic N) is 4. The van der Waals surface area contributed by atoms with Crippen molar-refractivity contribution in [3.63, 3.8) is 0 Å². The van der Waals surface area contributed by atoms with Crippen molar-refractivity contribution < 1.29 is 0 Å². The third kappa shape index (κ3) is 2.74. The lowest BCUT2D eigenvalue weighted by atomic mass is 10.1. The molecule has 1 aromatic carbocycles. The fourth-order valence-corrected chi connectivity index (χ4v) is 2.72. The summed E-state index contributed by atoms with van der Waals surface area (Å²) in [5, 5.41) is 14.8. The number of anilines is 1. The minimum absolute atomic E-state index is 0.214. The van der Waals surface area contributed by atoms with Crippen molar-refractivity contribution in [3.8, 4) is 23.1 Å². The van der Waals surface area contributed by atoms with Gasteiger partial charge in [-0.15, -0.1) is 0 Å². The molecule has 7 heteroatoms. The van der Waals surface area contributed by atoms with Crippen LogP contribution in [-0.2, 0) is 0 Å². The molecule has 0 aliphatic rings. The van der Waals surface area contributed by atoms with Gasteiger partial charge >= 0.3 is 0 Å². The van der Waals surface area contributed by atoms with Gasteiger partial charge in [0.2, 0.25) is 0 Å². The molecule has 0 saturated heterocycles. The van der Waals surface area contributed by atoms with Gasteiger partial charge in [-0.2, -0.15) is 15.0 Å². The Kier molecular flexibility index (Phi) is 3.95. The van der Waals surface area contributed by atoms with E-state index in [4.69, 9.17) is 28.9 Å². The molecule has 0 unspecified atom stereocenters. The van der Waals surface area contributed by atoms with Crippen molar-refractivity contribution >= 4 is 29.0 Å². The van der Waals surface area contributed by atoms with Crippen LogP contribution in [0.25, 0.3) is 17.1 Å². The van der Waals surface area contributed by atoms with E-state index in [1.807, 2.05) is 19.1 Å². The number of hydrogen-bond acceptors (Lipinski definition) is 4. The predicted octanol–water partition coefficient (Wildman–Crippen LogP) is 4.00. The van der Waals surface area contributed by atoms with Crippen LogP contribution in [0.15, 0.2) is 36.5 Å². The highest BCUT2D eigenvalue weighted by atomic mass is 35.5. The average molecular weight is 344 g/mol. The van der Waals surface area contributed by atoms with Crippen LogP contribution < -0.4 is 5.73 Å². The van der Waals surface area contributed by atoms with Gasteiger partial charge in [0.15, 0.2) is 5.82 Å². The molecule has 2 aromatic heterocycles. The maximum absolute atomic E-state index is 9.45. The van der Waals surface area contributed by atoms with Gasteiger partial charge in [0.25, 0.3) is 0 Å². The number of benzene rings is 1. The van der Waals surface area contributed by atoms with E-state index >= 15 is 0 Å². The van der Waals surface area contributed by atoms with Crippen molar-refractivity contribution in [1.82, 2.24) is 14.8 Å². The number of halogens is 2. The number of nitrogens with two attached hydrogens (primary N) is 1. The quantitative estimate of drug-likeness (QED) is 0.762. The molecule has 0 aliphatic heterocycles. The number of aryl methyl sites for hydroxylation is 1. The molecule has 0 saturated carbocycles. The third-order valence-electron chi connectivity index (χ3n) is 3.34. The molecular weight excluding hydrogens is 333 g/mol. The molecule has 0 amide bonds. The fourth-order valence-electron chi connectivity index (χ4n) is 2.22. The van der Waals surface area contributed by atoms with E-state index in [0.29, 0.717) is 27.1 Å². The summed E-state index contributed by atoms with van der Waals surface area (Å²) in [7, 11) is 0. The molecule has 3 aromatic rings. The van der Waals surface area contributed by atoms with Gasteiger partial charge < -0.3 is 5.73 Å². The maximum Gasteiger partial charge on any atom is 0.155 e. The molecule has 23 heavy (non-hydrogen) atoms. The van der Waals surface area contributed by atoms with Crippen LogP contribution in [0.4, 0.5) is 5.82 Å². The van der Waals surface area contributed by atoms with Gasteiger partial charge in [0.05, 0.1) is 5.02 Å². The molecule has 0 radical (unpaired) electrons. The van der Waals surface area contributed by atoms with Gasteiger partial charge in [-0.05, 0) is 42.8 Å². The van der Waals surface area contributed by atoms with Gasteiger partial charge in [-0.25, -0.2) is 4.98 Å². The minimum atomic E-state index is 0.214. The van der Waals surface area contributed by atoms with Crippen LogP contribution in [0.3, 0.4) is 0 Å². The number of nitrogen functional groups attached to an aromatic ring is 1. The van der Waals surface area contributed by atoms with Crippen LogP contribution in [-0.4, -0.2) is 14.8 Å². The van der Waals surface area contributed by atoms with E-state index in [2.05, 4.69) is 16.2 Å². The Labute approximate surface area is 142 Å². The van der Waals surface area contributed by atoms with Crippen molar-refractivity contribution in [2.75, 3.05) is 5.73 Å². The molecule has 3 rings (SSSR count). The number of aromatic nitrogens is 3. The zero-order valence-corrected chi connectivity index (χ0v) is 13.6. The smallest absolute Gasteiger partial charge is 0.155 e. The average Bonchev–Trinajstić information content (AvgIpc) is 2.84. The van der Waals surface area contributed by atoms with E-state index in [-0.39, 0.29) is 11.4 Å². The van der Waals surface area contributed by atoms with E-state index in [0.717, 1.165) is 5.56 Å². The maximum atomic E-state index is 9.45. The zero-order valence-electron chi connectivity index (χ0n) is 12.1. The second kappa shape index (κ2) is 5.92. The summed E-state index contributed by atoms with van der Waals surface area (Å²) in [6, 6.07) is 10.8. The Bertz CT molecular complexity index is 940. The number of nitriles is 1. The van der Waals surface area contributed by atoms with Crippen molar-refractivity contribution in [2.45, 2.75) is 6.92 Å². The van der Waals surface area contributed by atoms with E-state index in [9.17, 15) is 5.26 Å². The Morgan fingerprint density at radius 2 is 2.00 bits per heavy atom. The zero-order chi connectivity index (χ0) is 16.6. The minimum Gasteiger partial charge on any atom is -0.382 e. The lowest BCUT2D eigenvalue weighted by Crippen LogP contribution is -2.04. The van der Waals surface area contributed by atoms with E-state index < -0.39 is 0 Å². The summed E-state index contributed by atoms with van der Waals surface area (Å²) in [5.74, 6) is 0.752. The summed E-state index contributed by atoms with van der Waals surface area (Å²) in [5.41, 5.74) is 8.33. The Hall–Kier alpha value is -2.55. The Morgan fingerprint density at radius 3 is 2.65 bits per heavy atom. The molecule has 0 bridgehead atoms. The molecule has 0 spiro atoms. The molecular formula is C16H11Cl2N5. The molecule has 0 aliphatic carbocycles. The summed E-state index contributed by atoms with van der Waals surface area (Å²) < 4.78 is 1.44. The van der Waals surface area contributed by atoms with Crippen LogP contribution in [0.5, 0.6) is 0 Å². The third-order valence-corrected chi connectivity index (χ3v) is 3.89. The SMILES string of the molecule is Cc1ccnc(-n2nc(-c3ccc(Cl)cc3Cl)c(C#N)c2N)c1. The monoisotopic (exact) mass is 343 g/mol. The highest BCUT2D eigenvalue weighted by Crippen LogP contribution is 2.34. The summed E-state index contributed by atoms with van der Waals surface area (Å²) in [4.78, 5) is 4.25. The van der Waals surface area contributed by atoms with Gasteiger partial charge in [-0.1, -0.05) is 23.2 Å². The van der Waals surface area contributed by atoms with Crippen molar-refractivity contribution in [1.29, 1.82) is 5.26 Å². The lowest BCUT2D eigenvalue weighted by molar-refractivity contribution is 0.858. The summed E-state index contributed by atoms with van der Waals surface area (Å²) in [6.07, 6.45) is 1.66. The van der Waals surface area contributed by atoms with E-state index in [1.54, 1.807) is 24.4 Å². The largest absolute Gasteiger partial charge is 0.382 e. The predicted molar refractivity (Wildman–Crippen MR) is 90.7 cm³/mol. The highest BCUT2D eigenvalue weighted by Gasteiger charge is 2.20. The second-order valence-corrected chi connectivity index (χ2v) is 5.79.